The molecule has 1 aliphatic carbocycles. The summed E-state index contributed by atoms with van der Waals surface area (Å²) in [7, 11) is 0. The third-order valence-electron chi connectivity index (χ3n) is 3.92. The number of aromatic nitrogens is 1. The number of aromatic carboxylic acids is 1. The Labute approximate surface area is 107 Å². The lowest BCUT2D eigenvalue weighted by molar-refractivity contribution is 0.0697. The van der Waals surface area contributed by atoms with Gasteiger partial charge in [0.2, 0.25) is 0 Å². The number of aryl methyl sites for hydroxylation is 2. The molecule has 0 bridgehead atoms. The van der Waals surface area contributed by atoms with Gasteiger partial charge in [-0.25, -0.2) is 9.78 Å². The number of hydrogen-bond donors (Lipinski definition) is 1. The first-order chi connectivity index (χ1) is 8.75. The van der Waals surface area contributed by atoms with Crippen LogP contribution < -0.4 is 4.90 Å². The van der Waals surface area contributed by atoms with E-state index in [0.29, 0.717) is 11.4 Å². The molecular formula is C14H18N2O2. The van der Waals surface area contributed by atoms with Gasteiger partial charge in [-0.05, 0) is 50.2 Å². The Morgan fingerprint density at radius 1 is 1.17 bits per heavy atom. The lowest BCUT2D eigenvalue weighted by Crippen LogP contribution is -2.32. The summed E-state index contributed by atoms with van der Waals surface area (Å²) in [6.07, 6.45) is 6.59. The summed E-state index contributed by atoms with van der Waals surface area (Å²) in [6, 6.07) is 1.85. The fraction of sp³-hybridized carbons (Fsp3) is 0.571. The minimum Gasteiger partial charge on any atom is -0.478 e. The van der Waals surface area contributed by atoms with Crippen LogP contribution in [0, 0.1) is 0 Å². The molecule has 0 atom stereocenters. The Morgan fingerprint density at radius 3 is 2.67 bits per heavy atom. The minimum atomic E-state index is -0.849. The molecule has 0 unspecified atom stereocenters. The van der Waals surface area contributed by atoms with Gasteiger partial charge < -0.3 is 10.0 Å². The molecule has 1 fully saturated rings. The van der Waals surface area contributed by atoms with Gasteiger partial charge in [0.05, 0.1) is 0 Å². The van der Waals surface area contributed by atoms with Gasteiger partial charge in [-0.3, -0.25) is 0 Å². The van der Waals surface area contributed by atoms with Crippen molar-refractivity contribution in [2.45, 2.75) is 38.5 Å². The number of carbonyl (C=O) groups is 1. The largest absolute Gasteiger partial charge is 0.478 e. The second-order valence-corrected chi connectivity index (χ2v) is 5.17. The molecular weight excluding hydrogens is 228 g/mol. The van der Waals surface area contributed by atoms with Crippen LogP contribution in [0.15, 0.2) is 6.07 Å². The third-order valence-corrected chi connectivity index (χ3v) is 3.92. The number of rotatable bonds is 2. The Bertz CT molecular complexity index is 479. The number of hydrogen-bond acceptors (Lipinski definition) is 3. The van der Waals surface area contributed by atoms with E-state index in [0.717, 1.165) is 56.5 Å². The predicted octanol–water partition coefficient (Wildman–Crippen LogP) is 2.26. The van der Waals surface area contributed by atoms with E-state index >= 15 is 0 Å². The zero-order chi connectivity index (χ0) is 12.5. The SMILES string of the molecule is O=C(O)c1cc2c(nc1N1CCCCC1)CCC2. The molecule has 0 amide bonds. The van der Waals surface area contributed by atoms with Gasteiger partial charge >= 0.3 is 5.97 Å². The van der Waals surface area contributed by atoms with Gasteiger partial charge in [0.1, 0.15) is 11.4 Å². The van der Waals surface area contributed by atoms with E-state index in [1.54, 1.807) is 0 Å². The maximum absolute atomic E-state index is 11.4. The van der Waals surface area contributed by atoms with Crippen LogP contribution in [-0.4, -0.2) is 29.1 Å². The van der Waals surface area contributed by atoms with Crippen LogP contribution in [0.25, 0.3) is 0 Å². The van der Waals surface area contributed by atoms with Gasteiger partial charge in [0.25, 0.3) is 0 Å². The molecule has 4 heteroatoms. The average molecular weight is 246 g/mol. The Morgan fingerprint density at radius 2 is 1.94 bits per heavy atom. The number of carboxylic acid groups (broad SMARTS) is 1. The third kappa shape index (κ3) is 1.96. The van der Waals surface area contributed by atoms with Crippen LogP contribution in [0.5, 0.6) is 0 Å². The molecule has 1 aromatic heterocycles. The fourth-order valence-corrected chi connectivity index (χ4v) is 2.97. The lowest BCUT2D eigenvalue weighted by atomic mass is 10.1. The van der Waals surface area contributed by atoms with E-state index in [9.17, 15) is 9.90 Å². The van der Waals surface area contributed by atoms with Crippen LogP contribution in [-0.2, 0) is 12.8 Å². The van der Waals surface area contributed by atoms with Crippen LogP contribution >= 0.6 is 0 Å². The molecule has 1 saturated heterocycles. The van der Waals surface area contributed by atoms with Crippen LogP contribution in [0.4, 0.5) is 5.82 Å². The molecule has 2 heterocycles. The second-order valence-electron chi connectivity index (χ2n) is 5.17. The van der Waals surface area contributed by atoms with Gasteiger partial charge in [-0.1, -0.05) is 0 Å². The van der Waals surface area contributed by atoms with Crippen molar-refractivity contribution in [2.75, 3.05) is 18.0 Å². The zero-order valence-corrected chi connectivity index (χ0v) is 10.5. The first kappa shape index (κ1) is 11.5. The van der Waals surface area contributed by atoms with Crippen molar-refractivity contribution in [1.82, 2.24) is 4.98 Å². The van der Waals surface area contributed by atoms with E-state index in [1.165, 1.54) is 6.42 Å². The number of piperidine rings is 1. The summed E-state index contributed by atoms with van der Waals surface area (Å²) < 4.78 is 0. The Hall–Kier alpha value is -1.58. The van der Waals surface area contributed by atoms with E-state index in [-0.39, 0.29) is 0 Å². The van der Waals surface area contributed by atoms with E-state index in [1.807, 2.05) is 6.07 Å². The second kappa shape index (κ2) is 4.59. The highest BCUT2D eigenvalue weighted by Gasteiger charge is 2.24. The maximum atomic E-state index is 11.4. The molecule has 96 valence electrons. The number of nitrogens with zero attached hydrogens (tertiary/aromatic N) is 2. The molecule has 1 aromatic rings. The molecule has 18 heavy (non-hydrogen) atoms. The van der Waals surface area contributed by atoms with E-state index < -0.39 is 5.97 Å². The highest BCUT2D eigenvalue weighted by atomic mass is 16.4. The molecule has 0 radical (unpaired) electrons. The van der Waals surface area contributed by atoms with Crippen molar-refractivity contribution in [3.8, 4) is 0 Å². The average Bonchev–Trinajstić information content (AvgIpc) is 2.85. The highest BCUT2D eigenvalue weighted by Crippen LogP contribution is 2.29. The molecule has 3 rings (SSSR count). The van der Waals surface area contributed by atoms with Crippen molar-refractivity contribution < 1.29 is 9.90 Å². The lowest BCUT2D eigenvalue weighted by Gasteiger charge is -2.29. The number of anilines is 1. The summed E-state index contributed by atoms with van der Waals surface area (Å²) >= 11 is 0. The first-order valence-corrected chi connectivity index (χ1v) is 6.77. The van der Waals surface area contributed by atoms with Gasteiger partial charge in [-0.15, -0.1) is 0 Å². The molecule has 0 spiro atoms. The van der Waals surface area contributed by atoms with Crippen LogP contribution in [0.2, 0.25) is 0 Å². The maximum Gasteiger partial charge on any atom is 0.339 e. The number of fused-ring (bicyclic) bond motifs is 1. The van der Waals surface area contributed by atoms with Crippen LogP contribution in [0.1, 0.15) is 47.3 Å². The summed E-state index contributed by atoms with van der Waals surface area (Å²) in [5.74, 6) is -0.152. The molecule has 1 N–H and O–H groups in total. The van der Waals surface area contributed by atoms with Crippen molar-refractivity contribution >= 4 is 11.8 Å². The van der Waals surface area contributed by atoms with Gasteiger partial charge in [-0.2, -0.15) is 0 Å². The summed E-state index contributed by atoms with van der Waals surface area (Å²) in [6.45, 7) is 1.87. The Kier molecular flexibility index (Phi) is 2.94. The van der Waals surface area contributed by atoms with Crippen molar-refractivity contribution in [3.05, 3.63) is 22.9 Å². The summed E-state index contributed by atoms with van der Waals surface area (Å²) in [4.78, 5) is 18.2. The topological polar surface area (TPSA) is 53.4 Å². The molecule has 2 aliphatic rings. The highest BCUT2D eigenvalue weighted by molar-refractivity contribution is 5.93. The molecule has 1 aliphatic heterocycles. The normalized spacial score (nSPS) is 18.8. The monoisotopic (exact) mass is 246 g/mol. The van der Waals surface area contributed by atoms with Crippen molar-refractivity contribution in [1.29, 1.82) is 0 Å². The van der Waals surface area contributed by atoms with E-state index in [4.69, 9.17) is 0 Å². The first-order valence-electron chi connectivity index (χ1n) is 6.77. The molecule has 0 aromatic carbocycles. The summed E-state index contributed by atoms with van der Waals surface area (Å²) in [5.41, 5.74) is 2.63. The van der Waals surface area contributed by atoms with Crippen molar-refractivity contribution in [3.63, 3.8) is 0 Å². The van der Waals surface area contributed by atoms with E-state index in [2.05, 4.69) is 9.88 Å². The zero-order valence-electron chi connectivity index (χ0n) is 10.5. The quantitative estimate of drug-likeness (QED) is 0.869. The fourth-order valence-electron chi connectivity index (χ4n) is 2.97. The molecule has 4 nitrogen and oxygen atoms in total. The van der Waals surface area contributed by atoms with Gasteiger partial charge in [0.15, 0.2) is 0 Å². The van der Waals surface area contributed by atoms with Crippen molar-refractivity contribution in [2.24, 2.45) is 0 Å². The standard InChI is InChI=1S/C14H18N2O2/c17-14(18)11-9-10-5-4-6-12(10)15-13(11)16-7-2-1-3-8-16/h9H,1-8H2,(H,17,18). The van der Waals surface area contributed by atoms with Gasteiger partial charge in [0, 0.05) is 18.8 Å². The number of pyridine rings is 1. The molecule has 0 saturated carbocycles. The Balaban J connectivity index is 2.02. The number of carboxylic acids is 1. The minimum absolute atomic E-state index is 0.387. The summed E-state index contributed by atoms with van der Waals surface area (Å²) in [5, 5.41) is 9.36. The predicted molar refractivity (Wildman–Crippen MR) is 69.3 cm³/mol. The van der Waals surface area contributed by atoms with Crippen LogP contribution in [0.3, 0.4) is 0 Å². The smallest absolute Gasteiger partial charge is 0.339 e.